The summed E-state index contributed by atoms with van der Waals surface area (Å²) in [5.74, 6) is -0.0523. The lowest BCUT2D eigenvalue weighted by atomic mass is 10.2. The molecule has 1 aliphatic heterocycles. The van der Waals surface area contributed by atoms with E-state index in [2.05, 4.69) is 5.32 Å². The zero-order chi connectivity index (χ0) is 22.2. The van der Waals surface area contributed by atoms with Gasteiger partial charge >= 0.3 is 0 Å². The van der Waals surface area contributed by atoms with Gasteiger partial charge in [0.05, 0.1) is 15.4 Å². The summed E-state index contributed by atoms with van der Waals surface area (Å²) in [6.45, 7) is 0. The van der Waals surface area contributed by atoms with Crippen LogP contribution in [0.1, 0.15) is 10.4 Å². The molecule has 3 N–H and O–H groups in total. The van der Waals surface area contributed by atoms with Gasteiger partial charge in [-0.05, 0) is 42.5 Å². The Bertz CT molecular complexity index is 1470. The summed E-state index contributed by atoms with van der Waals surface area (Å²) >= 11 is 0. The van der Waals surface area contributed by atoms with Gasteiger partial charge in [0.2, 0.25) is 19.9 Å². The molecule has 2 aliphatic rings. The van der Waals surface area contributed by atoms with Gasteiger partial charge in [-0.3, -0.25) is 10.1 Å². The van der Waals surface area contributed by atoms with Crippen molar-refractivity contribution in [3.05, 3.63) is 84.4 Å². The molecule has 0 aromatic heterocycles. The number of carbonyl (C=O) groups excluding carboxylic acids is 1. The molecule has 0 bridgehead atoms. The summed E-state index contributed by atoms with van der Waals surface area (Å²) in [6, 6.07) is 19.1. The molecule has 1 heterocycles. The minimum Gasteiger partial charge on any atom is -0.440 e. The molecule has 0 fully saturated rings. The fourth-order valence-electron chi connectivity index (χ4n) is 3.13. The van der Waals surface area contributed by atoms with Gasteiger partial charge in [0.15, 0.2) is 5.88 Å². The van der Waals surface area contributed by atoms with Gasteiger partial charge in [0.25, 0.3) is 5.91 Å². The number of amides is 1. The highest BCUT2D eigenvalue weighted by atomic mass is 32.2. The van der Waals surface area contributed by atoms with Gasteiger partial charge in [-0.15, -0.1) is 0 Å². The second kappa shape index (κ2) is 7.65. The Morgan fingerprint density at radius 2 is 1.39 bits per heavy atom. The molecule has 0 unspecified atom stereocenters. The zero-order valence-corrected chi connectivity index (χ0v) is 17.5. The van der Waals surface area contributed by atoms with Crippen LogP contribution in [0.3, 0.4) is 0 Å². The van der Waals surface area contributed by atoms with E-state index in [0.717, 1.165) is 17.7 Å². The fraction of sp³-hybridized carbons (Fsp3) is 0. The first kappa shape index (κ1) is 20.8. The maximum absolute atomic E-state index is 13.3. The predicted octanol–water partition coefficient (Wildman–Crippen LogP) is 3.12. The highest BCUT2D eigenvalue weighted by Gasteiger charge is 2.29. The van der Waals surface area contributed by atoms with Gasteiger partial charge in [-0.25, -0.2) is 22.0 Å². The maximum atomic E-state index is 13.3. The number of anilines is 1. The number of sulfonamides is 1. The van der Waals surface area contributed by atoms with E-state index in [1.807, 2.05) is 6.07 Å². The number of hydrogen-bond acceptors (Lipinski definition) is 6. The Labute approximate surface area is 178 Å². The van der Waals surface area contributed by atoms with Crippen LogP contribution in [-0.4, -0.2) is 22.7 Å². The topological polar surface area (TPSA) is 137 Å². The summed E-state index contributed by atoms with van der Waals surface area (Å²) in [5, 5.41) is 7.72. The van der Waals surface area contributed by atoms with Crippen LogP contribution in [0.2, 0.25) is 0 Å². The molecule has 10 heteroatoms. The molecule has 0 saturated heterocycles. The molecule has 158 valence electrons. The average Bonchev–Trinajstić information content (AvgIpc) is 3.21. The van der Waals surface area contributed by atoms with Crippen LogP contribution in [-0.2, 0) is 19.9 Å². The van der Waals surface area contributed by atoms with Crippen LogP contribution in [0.25, 0.3) is 11.3 Å². The predicted molar refractivity (Wildman–Crippen MR) is 113 cm³/mol. The molecule has 4 rings (SSSR count). The lowest BCUT2D eigenvalue weighted by Crippen LogP contribution is -2.20. The van der Waals surface area contributed by atoms with E-state index in [1.165, 1.54) is 36.4 Å². The zero-order valence-electron chi connectivity index (χ0n) is 15.8. The second-order valence-corrected chi connectivity index (χ2v) is 10.0. The van der Waals surface area contributed by atoms with Crippen molar-refractivity contribution >= 4 is 31.7 Å². The quantitative estimate of drug-likeness (QED) is 0.473. The first-order valence-electron chi connectivity index (χ1n) is 8.94. The summed E-state index contributed by atoms with van der Waals surface area (Å²) in [7, 11) is -8.71. The Kier molecular flexibility index (Phi) is 5.13. The van der Waals surface area contributed by atoms with E-state index < -0.39 is 35.6 Å². The lowest BCUT2D eigenvalue weighted by molar-refractivity contribution is 0.102. The number of fused-ring (bicyclic) bond motifs is 1. The summed E-state index contributed by atoms with van der Waals surface area (Å²) in [5.41, 5.74) is 0.671. The molecule has 0 spiro atoms. The van der Waals surface area contributed by atoms with Crippen LogP contribution in [0.4, 0.5) is 5.88 Å². The molecule has 1 amide bonds. The van der Waals surface area contributed by atoms with Gasteiger partial charge < -0.3 is 4.42 Å². The van der Waals surface area contributed by atoms with Crippen molar-refractivity contribution in [2.75, 3.05) is 5.32 Å². The first-order valence-corrected chi connectivity index (χ1v) is 12.0. The first-order chi connectivity index (χ1) is 14.7. The Balaban J connectivity index is 1.77. The number of primary sulfonamides is 1. The van der Waals surface area contributed by atoms with E-state index in [1.54, 1.807) is 24.3 Å². The summed E-state index contributed by atoms with van der Waals surface area (Å²) in [4.78, 5) is 11.5. The molecule has 0 atom stereocenters. The molecule has 8 nitrogen and oxygen atoms in total. The third-order valence-corrected chi connectivity index (χ3v) is 7.51. The minimum absolute atomic E-state index is 0.126. The number of sulfone groups is 1. The van der Waals surface area contributed by atoms with E-state index in [0.29, 0.717) is 5.76 Å². The maximum Gasteiger partial charge on any atom is 0.259 e. The summed E-state index contributed by atoms with van der Waals surface area (Å²) in [6.07, 6.45) is 0. The Morgan fingerprint density at radius 1 is 0.742 bits per heavy atom. The SMILES string of the molecule is NS(=O)(=O)c1ccccc1S(=O)(=O)c1ccccc1C(=O)Nc1ccc2cccc-2o1. The van der Waals surface area contributed by atoms with E-state index >= 15 is 0 Å². The molecule has 0 radical (unpaired) electrons. The summed E-state index contributed by atoms with van der Waals surface area (Å²) < 4.78 is 56.0. The Hall–Kier alpha value is -3.47. The molecule has 31 heavy (non-hydrogen) atoms. The number of benzene rings is 2. The van der Waals surface area contributed by atoms with Crippen molar-refractivity contribution in [2.24, 2.45) is 5.14 Å². The van der Waals surface area contributed by atoms with Crippen LogP contribution < -0.4 is 10.5 Å². The standard InChI is InChI=1S/C21H16N2O6S2/c22-31(27,28)19-11-4-3-10-18(19)30(25,26)17-9-2-1-7-15(17)21(24)23-20-13-12-14-6-5-8-16(14)29-20/h1-13H,(H,23,24)(H2,22,27,28). The molecule has 2 aromatic carbocycles. The van der Waals surface area contributed by atoms with Crippen LogP contribution in [0.5, 0.6) is 0 Å². The van der Waals surface area contributed by atoms with Gasteiger partial charge in [-0.1, -0.05) is 36.4 Å². The van der Waals surface area contributed by atoms with Crippen LogP contribution in [0.15, 0.2) is 98.0 Å². The number of nitrogens with two attached hydrogens (primary N) is 1. The molecular formula is C21H16N2O6S2. The molecule has 2 aromatic rings. The van der Waals surface area contributed by atoms with Gasteiger partial charge in [0.1, 0.15) is 10.7 Å². The number of rotatable bonds is 5. The second-order valence-electron chi connectivity index (χ2n) is 6.59. The van der Waals surface area contributed by atoms with Crippen molar-refractivity contribution in [3.63, 3.8) is 0 Å². The van der Waals surface area contributed by atoms with E-state index in [4.69, 9.17) is 9.56 Å². The van der Waals surface area contributed by atoms with Crippen LogP contribution in [0, 0.1) is 0 Å². The largest absolute Gasteiger partial charge is 0.440 e. The molecular weight excluding hydrogens is 440 g/mol. The van der Waals surface area contributed by atoms with Crippen molar-refractivity contribution in [1.29, 1.82) is 0 Å². The third-order valence-electron chi connectivity index (χ3n) is 4.55. The average molecular weight is 457 g/mol. The number of nitrogens with one attached hydrogen (secondary N) is 1. The third kappa shape index (κ3) is 3.96. The highest BCUT2D eigenvalue weighted by molar-refractivity contribution is 7.93. The van der Waals surface area contributed by atoms with E-state index in [9.17, 15) is 21.6 Å². The van der Waals surface area contributed by atoms with Crippen LogP contribution >= 0.6 is 0 Å². The monoisotopic (exact) mass is 456 g/mol. The van der Waals surface area contributed by atoms with Crippen molar-refractivity contribution in [3.8, 4) is 11.3 Å². The number of carbonyl (C=O) groups is 1. The normalized spacial score (nSPS) is 12.0. The van der Waals surface area contributed by atoms with Crippen molar-refractivity contribution < 1.29 is 26.0 Å². The van der Waals surface area contributed by atoms with Gasteiger partial charge in [-0.2, -0.15) is 0 Å². The van der Waals surface area contributed by atoms with Crippen molar-refractivity contribution in [1.82, 2.24) is 0 Å². The smallest absolute Gasteiger partial charge is 0.259 e. The lowest BCUT2D eigenvalue weighted by Gasteiger charge is -2.13. The molecule has 1 aliphatic carbocycles. The Morgan fingerprint density at radius 3 is 2.10 bits per heavy atom. The number of hydrogen-bond donors (Lipinski definition) is 2. The van der Waals surface area contributed by atoms with E-state index in [-0.39, 0.29) is 16.3 Å². The van der Waals surface area contributed by atoms with Crippen molar-refractivity contribution in [2.45, 2.75) is 14.7 Å². The fourth-order valence-corrected chi connectivity index (χ4v) is 5.96. The molecule has 0 saturated carbocycles. The van der Waals surface area contributed by atoms with Gasteiger partial charge in [0, 0.05) is 5.56 Å². The minimum atomic E-state index is -4.40. The highest BCUT2D eigenvalue weighted by Crippen LogP contribution is 2.30.